The molecule has 3 aromatic rings. The summed E-state index contributed by atoms with van der Waals surface area (Å²) in [7, 11) is 0. The number of nitrogens with zero attached hydrogens (tertiary/aromatic N) is 1. The summed E-state index contributed by atoms with van der Waals surface area (Å²) in [5.41, 5.74) is 3.12. The number of carbonyl (C=O) groups is 1. The number of hydrogen-bond acceptors (Lipinski definition) is 3. The van der Waals surface area contributed by atoms with Crippen molar-refractivity contribution >= 4 is 16.8 Å². The Balaban J connectivity index is 1.72. The molecule has 4 heteroatoms. The molecule has 2 aromatic carbocycles. The highest BCUT2D eigenvalue weighted by atomic mass is 16.5. The van der Waals surface area contributed by atoms with E-state index in [9.17, 15) is 4.79 Å². The van der Waals surface area contributed by atoms with E-state index in [1.807, 2.05) is 37.3 Å². The summed E-state index contributed by atoms with van der Waals surface area (Å²) >= 11 is 0. The van der Waals surface area contributed by atoms with Gasteiger partial charge in [-0.3, -0.25) is 9.78 Å². The fourth-order valence-electron chi connectivity index (χ4n) is 3.30. The highest BCUT2D eigenvalue weighted by Crippen LogP contribution is 2.33. The SMILES string of the molecule is CC(Oc1cc(-c2ccccc2)cc2ncccc12)C1CNC(=O)C1. The fraction of sp³-hybridized carbons (Fsp3) is 0.238. The van der Waals surface area contributed by atoms with E-state index >= 15 is 0 Å². The molecule has 0 bridgehead atoms. The first-order valence-electron chi connectivity index (χ1n) is 8.58. The zero-order valence-electron chi connectivity index (χ0n) is 14.1. The van der Waals surface area contributed by atoms with Gasteiger partial charge in [-0.15, -0.1) is 0 Å². The van der Waals surface area contributed by atoms with Crippen LogP contribution in [0, 0.1) is 5.92 Å². The molecule has 1 fully saturated rings. The monoisotopic (exact) mass is 332 g/mol. The Hall–Kier alpha value is -2.88. The zero-order chi connectivity index (χ0) is 17.2. The minimum Gasteiger partial charge on any atom is -0.490 e. The fourth-order valence-corrected chi connectivity index (χ4v) is 3.30. The van der Waals surface area contributed by atoms with Gasteiger partial charge in [-0.1, -0.05) is 30.3 Å². The third kappa shape index (κ3) is 3.20. The molecule has 0 radical (unpaired) electrons. The maximum absolute atomic E-state index is 11.5. The smallest absolute Gasteiger partial charge is 0.220 e. The Morgan fingerprint density at radius 3 is 2.72 bits per heavy atom. The van der Waals surface area contributed by atoms with Crippen molar-refractivity contribution in [3.63, 3.8) is 0 Å². The van der Waals surface area contributed by atoms with Gasteiger partial charge >= 0.3 is 0 Å². The summed E-state index contributed by atoms with van der Waals surface area (Å²) < 4.78 is 6.29. The third-order valence-corrected chi connectivity index (χ3v) is 4.78. The first kappa shape index (κ1) is 15.6. The van der Waals surface area contributed by atoms with Crippen LogP contribution in [0.5, 0.6) is 5.75 Å². The number of nitrogens with one attached hydrogen (secondary N) is 1. The molecule has 4 nitrogen and oxygen atoms in total. The average molecular weight is 332 g/mol. The van der Waals surface area contributed by atoms with Crippen LogP contribution in [-0.4, -0.2) is 23.5 Å². The summed E-state index contributed by atoms with van der Waals surface area (Å²) in [6.45, 7) is 2.71. The van der Waals surface area contributed by atoms with E-state index in [4.69, 9.17) is 4.74 Å². The largest absolute Gasteiger partial charge is 0.490 e. The van der Waals surface area contributed by atoms with E-state index < -0.39 is 0 Å². The van der Waals surface area contributed by atoms with Crippen molar-refractivity contribution in [2.24, 2.45) is 5.92 Å². The van der Waals surface area contributed by atoms with Gasteiger partial charge in [0.25, 0.3) is 0 Å². The lowest BCUT2D eigenvalue weighted by Gasteiger charge is -2.21. The molecule has 2 unspecified atom stereocenters. The third-order valence-electron chi connectivity index (χ3n) is 4.78. The lowest BCUT2D eigenvalue weighted by Crippen LogP contribution is -2.25. The molecule has 4 rings (SSSR count). The summed E-state index contributed by atoms with van der Waals surface area (Å²) in [5, 5.41) is 3.87. The number of rotatable bonds is 4. The molecule has 2 atom stereocenters. The van der Waals surface area contributed by atoms with E-state index in [-0.39, 0.29) is 17.9 Å². The van der Waals surface area contributed by atoms with Crippen LogP contribution in [0.2, 0.25) is 0 Å². The standard InChI is InChI=1S/C21H20N2O2/c1-14(17-12-21(24)23-13-17)25-20-11-16(15-6-3-2-4-7-15)10-19-18(20)8-5-9-22-19/h2-11,14,17H,12-13H2,1H3,(H,23,24). The lowest BCUT2D eigenvalue weighted by atomic mass is 10.0. The molecule has 1 aliphatic heterocycles. The number of amides is 1. The van der Waals surface area contributed by atoms with Gasteiger partial charge in [0.1, 0.15) is 11.9 Å². The Bertz CT molecular complexity index is 908. The van der Waals surface area contributed by atoms with Crippen molar-refractivity contribution in [2.75, 3.05) is 6.54 Å². The molecule has 0 spiro atoms. The van der Waals surface area contributed by atoms with E-state index in [1.54, 1.807) is 6.20 Å². The van der Waals surface area contributed by atoms with Gasteiger partial charge in [0, 0.05) is 30.5 Å². The Morgan fingerprint density at radius 2 is 1.96 bits per heavy atom. The molecule has 2 heterocycles. The summed E-state index contributed by atoms with van der Waals surface area (Å²) in [4.78, 5) is 16.0. The molecule has 0 saturated carbocycles. The van der Waals surface area contributed by atoms with Crippen molar-refractivity contribution in [3.8, 4) is 16.9 Å². The van der Waals surface area contributed by atoms with Crippen LogP contribution in [0.4, 0.5) is 0 Å². The lowest BCUT2D eigenvalue weighted by molar-refractivity contribution is -0.119. The summed E-state index contributed by atoms with van der Waals surface area (Å²) in [5.74, 6) is 1.11. The molecule has 1 aliphatic rings. The van der Waals surface area contributed by atoms with Gasteiger partial charge < -0.3 is 10.1 Å². The van der Waals surface area contributed by atoms with E-state index in [2.05, 4.69) is 34.6 Å². The highest BCUT2D eigenvalue weighted by Gasteiger charge is 2.28. The predicted octanol–water partition coefficient (Wildman–Crippen LogP) is 3.81. The Morgan fingerprint density at radius 1 is 1.12 bits per heavy atom. The predicted molar refractivity (Wildman–Crippen MR) is 98.4 cm³/mol. The Labute approximate surface area is 146 Å². The average Bonchev–Trinajstić information content (AvgIpc) is 3.09. The second-order valence-corrected chi connectivity index (χ2v) is 6.50. The van der Waals surface area contributed by atoms with Crippen LogP contribution >= 0.6 is 0 Å². The van der Waals surface area contributed by atoms with Crippen molar-refractivity contribution in [2.45, 2.75) is 19.4 Å². The van der Waals surface area contributed by atoms with Crippen LogP contribution in [0.3, 0.4) is 0 Å². The number of carbonyl (C=O) groups excluding carboxylic acids is 1. The molecule has 1 N–H and O–H groups in total. The van der Waals surface area contributed by atoms with Crippen LogP contribution in [0.15, 0.2) is 60.8 Å². The number of benzene rings is 2. The minimum absolute atomic E-state index is 0.0478. The number of pyridine rings is 1. The van der Waals surface area contributed by atoms with Gasteiger partial charge in [-0.05, 0) is 42.3 Å². The molecule has 0 aliphatic carbocycles. The van der Waals surface area contributed by atoms with Crippen molar-refractivity contribution < 1.29 is 9.53 Å². The number of fused-ring (bicyclic) bond motifs is 1. The molecular formula is C21H20N2O2. The first-order chi connectivity index (χ1) is 12.2. The molecule has 1 aromatic heterocycles. The van der Waals surface area contributed by atoms with Crippen molar-refractivity contribution in [3.05, 3.63) is 60.8 Å². The van der Waals surface area contributed by atoms with Crippen LogP contribution in [0.1, 0.15) is 13.3 Å². The molecular weight excluding hydrogens is 312 g/mol. The van der Waals surface area contributed by atoms with Crippen molar-refractivity contribution in [1.29, 1.82) is 0 Å². The maximum Gasteiger partial charge on any atom is 0.220 e. The normalized spacial score (nSPS) is 18.1. The minimum atomic E-state index is -0.0478. The second-order valence-electron chi connectivity index (χ2n) is 6.50. The Kier molecular flexibility index (Phi) is 4.10. The van der Waals surface area contributed by atoms with Crippen molar-refractivity contribution in [1.82, 2.24) is 10.3 Å². The van der Waals surface area contributed by atoms with E-state index in [1.165, 1.54) is 0 Å². The summed E-state index contributed by atoms with van der Waals surface area (Å²) in [6.07, 6.45) is 2.27. The number of ether oxygens (including phenoxy) is 1. The topological polar surface area (TPSA) is 51.2 Å². The number of hydrogen-bond donors (Lipinski definition) is 1. The quantitative estimate of drug-likeness (QED) is 0.790. The second kappa shape index (κ2) is 6.55. The van der Waals surface area contributed by atoms with Gasteiger partial charge in [-0.2, -0.15) is 0 Å². The highest BCUT2D eigenvalue weighted by molar-refractivity contribution is 5.90. The zero-order valence-corrected chi connectivity index (χ0v) is 14.1. The summed E-state index contributed by atoms with van der Waals surface area (Å²) in [6, 6.07) is 18.3. The maximum atomic E-state index is 11.5. The molecule has 126 valence electrons. The van der Waals surface area contributed by atoms with E-state index in [0.717, 1.165) is 27.8 Å². The van der Waals surface area contributed by atoms with Gasteiger partial charge in [0.05, 0.1) is 5.52 Å². The molecule has 1 saturated heterocycles. The van der Waals surface area contributed by atoms with Gasteiger partial charge in [0.2, 0.25) is 5.91 Å². The van der Waals surface area contributed by atoms with E-state index in [0.29, 0.717) is 13.0 Å². The molecule has 25 heavy (non-hydrogen) atoms. The van der Waals surface area contributed by atoms with Crippen LogP contribution in [-0.2, 0) is 4.79 Å². The van der Waals surface area contributed by atoms with Gasteiger partial charge in [0.15, 0.2) is 0 Å². The molecule has 1 amide bonds. The first-order valence-corrected chi connectivity index (χ1v) is 8.58. The number of aromatic nitrogens is 1. The van der Waals surface area contributed by atoms with Crippen LogP contribution < -0.4 is 10.1 Å². The van der Waals surface area contributed by atoms with Gasteiger partial charge in [-0.25, -0.2) is 0 Å². The van der Waals surface area contributed by atoms with Crippen LogP contribution in [0.25, 0.3) is 22.0 Å².